The van der Waals surface area contributed by atoms with Crippen molar-refractivity contribution in [3.05, 3.63) is 16.2 Å². The highest BCUT2D eigenvalue weighted by Gasteiger charge is 2.14. The number of hydrogen-bond donors (Lipinski definition) is 1. The van der Waals surface area contributed by atoms with Gasteiger partial charge in [-0.3, -0.25) is 0 Å². The fourth-order valence-electron chi connectivity index (χ4n) is 1.16. The predicted molar refractivity (Wildman–Crippen MR) is 63.0 cm³/mol. The molecule has 0 spiro atoms. The van der Waals surface area contributed by atoms with E-state index < -0.39 is 0 Å². The lowest BCUT2D eigenvalue weighted by molar-refractivity contribution is 0.683. The number of nitrogens with zero attached hydrogens (tertiary/aromatic N) is 3. The smallest absolute Gasteiger partial charge is 0.159 e. The summed E-state index contributed by atoms with van der Waals surface area (Å²) in [6.45, 7) is 4.02. The molecular formula is C9H12N4S2. The van der Waals surface area contributed by atoms with E-state index in [1.54, 1.807) is 22.7 Å². The quantitative estimate of drug-likeness (QED) is 0.894. The topological polar surface area (TPSA) is 64.7 Å². The maximum Gasteiger partial charge on any atom is 0.159 e. The fraction of sp³-hybridized carbons (Fsp3) is 0.444. The van der Waals surface area contributed by atoms with Gasteiger partial charge in [-0.05, 0) is 13.3 Å². The Kier molecular flexibility index (Phi) is 3.08. The summed E-state index contributed by atoms with van der Waals surface area (Å²) in [4.78, 5) is 5.29. The van der Waals surface area contributed by atoms with Crippen molar-refractivity contribution in [1.29, 1.82) is 0 Å². The largest absolute Gasteiger partial charge is 0.322 e. The molecule has 0 bridgehead atoms. The highest BCUT2D eigenvalue weighted by atomic mass is 32.1. The molecule has 80 valence electrons. The van der Waals surface area contributed by atoms with Crippen molar-refractivity contribution >= 4 is 22.7 Å². The first-order valence-electron chi connectivity index (χ1n) is 4.71. The predicted octanol–water partition coefficient (Wildman–Crippen LogP) is 2.38. The van der Waals surface area contributed by atoms with Crippen LogP contribution in [0.2, 0.25) is 0 Å². The van der Waals surface area contributed by atoms with Gasteiger partial charge in [-0.15, -0.1) is 21.5 Å². The highest BCUT2D eigenvalue weighted by Crippen LogP contribution is 2.31. The second-order valence-corrected chi connectivity index (χ2v) is 5.09. The Morgan fingerprint density at radius 2 is 2.27 bits per heavy atom. The summed E-state index contributed by atoms with van der Waals surface area (Å²) in [5, 5.41) is 10.1. The molecule has 0 aliphatic heterocycles. The maximum atomic E-state index is 5.89. The standard InChI is InChI=1S/C9H12N4S2/c1-3-6(10)8-12-13-9(15-8)7-5(2)11-4-14-7/h4,6H,3,10H2,1-2H3. The number of aromatic nitrogens is 3. The van der Waals surface area contributed by atoms with Gasteiger partial charge < -0.3 is 5.73 Å². The molecule has 6 heteroatoms. The lowest BCUT2D eigenvalue weighted by atomic mass is 10.3. The van der Waals surface area contributed by atoms with Crippen LogP contribution in [0.1, 0.15) is 30.1 Å². The molecule has 0 aliphatic rings. The van der Waals surface area contributed by atoms with Gasteiger partial charge in [-0.25, -0.2) is 4.98 Å². The van der Waals surface area contributed by atoms with Crippen LogP contribution >= 0.6 is 22.7 Å². The third-order valence-corrected chi connectivity index (χ3v) is 4.27. The summed E-state index contributed by atoms with van der Waals surface area (Å²) >= 11 is 3.15. The van der Waals surface area contributed by atoms with Crippen LogP contribution in [0.4, 0.5) is 0 Å². The van der Waals surface area contributed by atoms with Crippen LogP contribution in [0, 0.1) is 6.92 Å². The average molecular weight is 240 g/mol. The van der Waals surface area contributed by atoms with Gasteiger partial charge in [0.2, 0.25) is 0 Å². The zero-order chi connectivity index (χ0) is 10.8. The maximum absolute atomic E-state index is 5.89. The van der Waals surface area contributed by atoms with E-state index in [4.69, 9.17) is 5.73 Å². The fourth-order valence-corrected chi connectivity index (χ4v) is 3.03. The van der Waals surface area contributed by atoms with E-state index in [9.17, 15) is 0 Å². The van der Waals surface area contributed by atoms with E-state index in [2.05, 4.69) is 15.2 Å². The minimum Gasteiger partial charge on any atom is -0.322 e. The molecule has 0 amide bonds. The van der Waals surface area contributed by atoms with Gasteiger partial charge in [0, 0.05) is 0 Å². The summed E-state index contributed by atoms with van der Waals surface area (Å²) in [5.74, 6) is 0. The molecule has 0 aromatic carbocycles. The van der Waals surface area contributed by atoms with Crippen LogP contribution in [0.3, 0.4) is 0 Å². The van der Waals surface area contributed by atoms with Gasteiger partial charge in [-0.2, -0.15) is 0 Å². The van der Waals surface area contributed by atoms with Crippen molar-refractivity contribution < 1.29 is 0 Å². The van der Waals surface area contributed by atoms with Crippen LogP contribution in [-0.4, -0.2) is 15.2 Å². The summed E-state index contributed by atoms with van der Waals surface area (Å²) in [5.41, 5.74) is 8.73. The van der Waals surface area contributed by atoms with Crippen LogP contribution in [0.5, 0.6) is 0 Å². The van der Waals surface area contributed by atoms with Gasteiger partial charge in [-0.1, -0.05) is 18.3 Å². The van der Waals surface area contributed by atoms with Gasteiger partial charge in [0.1, 0.15) is 5.01 Å². The molecule has 0 saturated heterocycles. The minimum absolute atomic E-state index is 0.00415. The first-order valence-corrected chi connectivity index (χ1v) is 6.41. The third-order valence-electron chi connectivity index (χ3n) is 2.14. The molecule has 2 heterocycles. The number of nitrogens with two attached hydrogens (primary N) is 1. The van der Waals surface area contributed by atoms with E-state index in [-0.39, 0.29) is 6.04 Å². The summed E-state index contributed by atoms with van der Waals surface area (Å²) < 4.78 is 0. The van der Waals surface area contributed by atoms with E-state index in [1.807, 2.05) is 19.4 Å². The van der Waals surface area contributed by atoms with Gasteiger partial charge in [0.25, 0.3) is 0 Å². The van der Waals surface area contributed by atoms with E-state index >= 15 is 0 Å². The molecule has 0 radical (unpaired) electrons. The molecule has 2 rings (SSSR count). The van der Waals surface area contributed by atoms with Crippen molar-refractivity contribution in [1.82, 2.24) is 15.2 Å². The molecule has 0 fully saturated rings. The Morgan fingerprint density at radius 1 is 1.47 bits per heavy atom. The lowest BCUT2D eigenvalue weighted by Crippen LogP contribution is -2.07. The van der Waals surface area contributed by atoms with Crippen molar-refractivity contribution in [2.45, 2.75) is 26.3 Å². The van der Waals surface area contributed by atoms with Crippen LogP contribution in [-0.2, 0) is 0 Å². The molecule has 2 aromatic heterocycles. The Balaban J connectivity index is 2.32. The molecule has 0 saturated carbocycles. The Morgan fingerprint density at radius 3 is 2.87 bits per heavy atom. The second-order valence-electron chi connectivity index (χ2n) is 3.23. The molecule has 1 atom stereocenters. The zero-order valence-corrected chi connectivity index (χ0v) is 10.2. The average Bonchev–Trinajstić information content (AvgIpc) is 2.84. The molecule has 2 N–H and O–H groups in total. The second kappa shape index (κ2) is 4.34. The number of hydrogen-bond acceptors (Lipinski definition) is 6. The zero-order valence-electron chi connectivity index (χ0n) is 8.60. The number of thiazole rings is 1. The van der Waals surface area contributed by atoms with E-state index in [0.29, 0.717) is 0 Å². The van der Waals surface area contributed by atoms with Gasteiger partial charge in [0.15, 0.2) is 5.01 Å². The first kappa shape index (κ1) is 10.7. The summed E-state index contributed by atoms with van der Waals surface area (Å²) in [6, 6.07) is 0.00415. The summed E-state index contributed by atoms with van der Waals surface area (Å²) in [6.07, 6.45) is 0.885. The monoisotopic (exact) mass is 240 g/mol. The van der Waals surface area contributed by atoms with Gasteiger partial charge >= 0.3 is 0 Å². The SMILES string of the molecule is CCC(N)c1nnc(-c2scnc2C)s1. The van der Waals surface area contributed by atoms with E-state index in [1.165, 1.54) is 0 Å². The molecule has 15 heavy (non-hydrogen) atoms. The minimum atomic E-state index is 0.00415. The molecular weight excluding hydrogens is 228 g/mol. The Bertz CT molecular complexity index is 448. The highest BCUT2D eigenvalue weighted by molar-refractivity contribution is 7.20. The Labute approximate surface area is 96.2 Å². The molecule has 4 nitrogen and oxygen atoms in total. The summed E-state index contributed by atoms with van der Waals surface area (Å²) in [7, 11) is 0. The van der Waals surface area contributed by atoms with Crippen molar-refractivity contribution in [2.75, 3.05) is 0 Å². The first-order chi connectivity index (χ1) is 7.22. The van der Waals surface area contributed by atoms with Gasteiger partial charge in [0.05, 0.1) is 22.1 Å². The van der Waals surface area contributed by atoms with Crippen molar-refractivity contribution in [2.24, 2.45) is 5.73 Å². The number of rotatable bonds is 3. The van der Waals surface area contributed by atoms with Crippen molar-refractivity contribution in [3.63, 3.8) is 0 Å². The molecule has 2 aromatic rings. The Hall–Kier alpha value is -0.850. The number of aryl methyl sites for hydroxylation is 1. The van der Waals surface area contributed by atoms with E-state index in [0.717, 1.165) is 27.0 Å². The van der Waals surface area contributed by atoms with Crippen molar-refractivity contribution in [3.8, 4) is 9.88 Å². The van der Waals surface area contributed by atoms with Crippen LogP contribution in [0.25, 0.3) is 9.88 Å². The normalized spacial score (nSPS) is 13.0. The molecule has 1 unspecified atom stereocenters. The molecule has 0 aliphatic carbocycles. The van der Waals surface area contributed by atoms with Crippen LogP contribution < -0.4 is 5.73 Å². The van der Waals surface area contributed by atoms with Crippen LogP contribution in [0.15, 0.2) is 5.51 Å². The lowest BCUT2D eigenvalue weighted by Gasteiger charge is -2.00. The third kappa shape index (κ3) is 2.06.